The maximum absolute atomic E-state index is 12.7. The second kappa shape index (κ2) is 9.69. The first-order valence-corrected chi connectivity index (χ1v) is 11.4. The second-order valence-electron chi connectivity index (χ2n) is 7.49. The van der Waals surface area contributed by atoms with E-state index in [4.69, 9.17) is 0 Å². The van der Waals surface area contributed by atoms with Crippen molar-refractivity contribution in [1.82, 2.24) is 9.21 Å². The first-order chi connectivity index (χ1) is 12.3. The number of nitrogens with zero attached hydrogens (tertiary/aromatic N) is 2. The summed E-state index contributed by atoms with van der Waals surface area (Å²) >= 11 is 0. The smallest absolute Gasteiger partial charge is 0.323 e. The van der Waals surface area contributed by atoms with E-state index in [1.165, 1.54) is 41.3 Å². The lowest BCUT2D eigenvalue weighted by molar-refractivity contribution is -0.147. The number of carboxylic acids is 1. The fraction of sp³-hybridized carbons (Fsp3) is 0.889. The van der Waals surface area contributed by atoms with Gasteiger partial charge >= 0.3 is 5.97 Å². The third kappa shape index (κ3) is 5.94. The summed E-state index contributed by atoms with van der Waals surface area (Å²) in [5.74, 6) is -0.470. The van der Waals surface area contributed by atoms with Gasteiger partial charge in [0.2, 0.25) is 15.9 Å². The molecule has 26 heavy (non-hydrogen) atoms. The molecule has 1 heterocycles. The minimum absolute atomic E-state index is 0.0663. The molecule has 8 heteroatoms. The topological polar surface area (TPSA) is 95.0 Å². The normalized spacial score (nSPS) is 20.8. The minimum atomic E-state index is -3.22. The third-order valence-corrected chi connectivity index (χ3v) is 7.62. The Bertz CT molecular complexity index is 578. The van der Waals surface area contributed by atoms with Crippen molar-refractivity contribution >= 4 is 21.9 Å². The Morgan fingerprint density at radius 1 is 1.08 bits per heavy atom. The van der Waals surface area contributed by atoms with E-state index in [0.29, 0.717) is 38.3 Å². The van der Waals surface area contributed by atoms with Crippen molar-refractivity contribution in [3.63, 3.8) is 0 Å². The number of hydrogen-bond acceptors (Lipinski definition) is 4. The van der Waals surface area contributed by atoms with Gasteiger partial charge in [0.25, 0.3) is 0 Å². The molecular formula is C18H32N2O5S. The van der Waals surface area contributed by atoms with Gasteiger partial charge in [0.15, 0.2) is 0 Å². The fourth-order valence-electron chi connectivity index (χ4n) is 4.13. The van der Waals surface area contributed by atoms with Gasteiger partial charge in [-0.25, -0.2) is 12.7 Å². The molecule has 0 radical (unpaired) electrons. The summed E-state index contributed by atoms with van der Waals surface area (Å²) in [6.07, 6.45) is 8.28. The largest absolute Gasteiger partial charge is 0.480 e. The van der Waals surface area contributed by atoms with Crippen LogP contribution in [0.1, 0.15) is 64.7 Å². The molecule has 1 aliphatic carbocycles. The van der Waals surface area contributed by atoms with Gasteiger partial charge in [0, 0.05) is 25.6 Å². The van der Waals surface area contributed by atoms with E-state index in [1.54, 1.807) is 6.92 Å². The van der Waals surface area contributed by atoms with Crippen LogP contribution in [0.5, 0.6) is 0 Å². The second-order valence-corrected chi connectivity index (χ2v) is 9.75. The van der Waals surface area contributed by atoms with Gasteiger partial charge in [-0.3, -0.25) is 9.59 Å². The van der Waals surface area contributed by atoms with Gasteiger partial charge in [-0.05, 0) is 32.1 Å². The van der Waals surface area contributed by atoms with E-state index in [9.17, 15) is 23.1 Å². The molecule has 0 bridgehead atoms. The molecule has 2 rings (SSSR count). The Balaban J connectivity index is 1.92. The first-order valence-electron chi connectivity index (χ1n) is 9.82. The Morgan fingerprint density at radius 3 is 2.23 bits per heavy atom. The zero-order valence-corrected chi connectivity index (χ0v) is 16.5. The number of carboxylic acid groups (broad SMARTS) is 1. The lowest BCUT2D eigenvalue weighted by Crippen LogP contribution is -2.50. The van der Waals surface area contributed by atoms with Crippen LogP contribution in [0, 0.1) is 5.92 Å². The van der Waals surface area contributed by atoms with Gasteiger partial charge in [0.1, 0.15) is 6.54 Å². The van der Waals surface area contributed by atoms with Crippen molar-refractivity contribution in [3.05, 3.63) is 0 Å². The Labute approximate surface area is 156 Å². The molecule has 1 aliphatic heterocycles. The van der Waals surface area contributed by atoms with Crippen molar-refractivity contribution in [2.24, 2.45) is 5.92 Å². The number of piperidine rings is 1. The van der Waals surface area contributed by atoms with Crippen LogP contribution in [-0.2, 0) is 19.6 Å². The highest BCUT2D eigenvalue weighted by molar-refractivity contribution is 7.89. The highest BCUT2D eigenvalue weighted by Crippen LogP contribution is 2.28. The molecule has 1 amide bonds. The molecule has 1 saturated carbocycles. The summed E-state index contributed by atoms with van der Waals surface area (Å²) in [5.41, 5.74) is 0. The summed E-state index contributed by atoms with van der Waals surface area (Å²) in [6.45, 7) is 2.03. The maximum atomic E-state index is 12.7. The van der Waals surface area contributed by atoms with Gasteiger partial charge in [-0.15, -0.1) is 0 Å². The summed E-state index contributed by atoms with van der Waals surface area (Å²) in [7, 11) is -3.22. The number of amides is 1. The summed E-state index contributed by atoms with van der Waals surface area (Å²) in [6, 6.07) is -0.187. The van der Waals surface area contributed by atoms with Gasteiger partial charge in [-0.1, -0.05) is 32.1 Å². The molecule has 1 N–H and O–H groups in total. The van der Waals surface area contributed by atoms with Crippen LogP contribution >= 0.6 is 0 Å². The van der Waals surface area contributed by atoms with Crippen LogP contribution < -0.4 is 0 Å². The van der Waals surface area contributed by atoms with E-state index in [2.05, 4.69) is 0 Å². The van der Waals surface area contributed by atoms with Crippen molar-refractivity contribution in [2.75, 3.05) is 25.4 Å². The highest BCUT2D eigenvalue weighted by Gasteiger charge is 2.32. The number of aliphatic carboxylic acids is 1. The number of carbonyl (C=O) groups is 2. The van der Waals surface area contributed by atoms with Gasteiger partial charge in [0.05, 0.1) is 5.75 Å². The average molecular weight is 389 g/mol. The maximum Gasteiger partial charge on any atom is 0.323 e. The van der Waals surface area contributed by atoms with Crippen molar-refractivity contribution in [3.8, 4) is 0 Å². The number of carbonyl (C=O) groups excluding carboxylic acids is 1. The van der Waals surface area contributed by atoms with E-state index >= 15 is 0 Å². The monoisotopic (exact) mass is 388 g/mol. The fourth-order valence-corrected chi connectivity index (χ4v) is 5.26. The predicted octanol–water partition coefficient (Wildman–Crippen LogP) is 2.07. The molecule has 0 unspecified atom stereocenters. The van der Waals surface area contributed by atoms with E-state index in [0.717, 1.165) is 6.42 Å². The average Bonchev–Trinajstić information content (AvgIpc) is 2.65. The molecule has 7 nitrogen and oxygen atoms in total. The standard InChI is InChI=1S/C18H32N2O5S/c1-2-26(24,25)19-12-10-16(11-13-19)20(14-18(22)23)17(21)9-8-15-6-4-3-5-7-15/h15-16H,2-14H2,1H3,(H,22,23). The highest BCUT2D eigenvalue weighted by atomic mass is 32.2. The molecule has 0 atom stereocenters. The molecule has 1 saturated heterocycles. The lowest BCUT2D eigenvalue weighted by Gasteiger charge is -2.37. The molecule has 2 fully saturated rings. The number of sulfonamides is 1. The molecule has 150 valence electrons. The first kappa shape index (κ1) is 21.2. The third-order valence-electron chi connectivity index (χ3n) is 5.74. The lowest BCUT2D eigenvalue weighted by atomic mass is 9.86. The Morgan fingerprint density at radius 2 is 1.69 bits per heavy atom. The molecule has 2 aliphatic rings. The molecule has 0 spiro atoms. The van der Waals surface area contributed by atoms with Gasteiger partial charge < -0.3 is 10.0 Å². The Kier molecular flexibility index (Phi) is 7.88. The zero-order valence-electron chi connectivity index (χ0n) is 15.7. The van der Waals surface area contributed by atoms with Crippen molar-refractivity contribution in [2.45, 2.75) is 70.8 Å². The summed E-state index contributed by atoms with van der Waals surface area (Å²) in [4.78, 5) is 25.4. The van der Waals surface area contributed by atoms with E-state index in [-0.39, 0.29) is 24.2 Å². The van der Waals surface area contributed by atoms with E-state index < -0.39 is 16.0 Å². The summed E-state index contributed by atoms with van der Waals surface area (Å²) < 4.78 is 25.4. The summed E-state index contributed by atoms with van der Waals surface area (Å²) in [5, 5.41) is 9.20. The van der Waals surface area contributed by atoms with E-state index in [1.807, 2.05) is 0 Å². The SMILES string of the molecule is CCS(=O)(=O)N1CCC(N(CC(=O)O)C(=O)CCC2CCCCC2)CC1. The van der Waals surface area contributed by atoms with Crippen LogP contribution in [0.25, 0.3) is 0 Å². The van der Waals surface area contributed by atoms with Crippen LogP contribution in [0.4, 0.5) is 0 Å². The molecule has 0 aromatic carbocycles. The number of rotatable bonds is 8. The Hall–Kier alpha value is -1.15. The van der Waals surface area contributed by atoms with Crippen molar-refractivity contribution < 1.29 is 23.1 Å². The van der Waals surface area contributed by atoms with Crippen LogP contribution in [-0.4, -0.2) is 66.0 Å². The van der Waals surface area contributed by atoms with Crippen LogP contribution in [0.3, 0.4) is 0 Å². The predicted molar refractivity (Wildman–Crippen MR) is 99.2 cm³/mol. The molecular weight excluding hydrogens is 356 g/mol. The minimum Gasteiger partial charge on any atom is -0.480 e. The van der Waals surface area contributed by atoms with Crippen LogP contribution in [0.2, 0.25) is 0 Å². The molecule has 0 aromatic rings. The quantitative estimate of drug-likeness (QED) is 0.687. The molecule has 0 aromatic heterocycles. The van der Waals surface area contributed by atoms with Crippen molar-refractivity contribution in [1.29, 1.82) is 0 Å². The zero-order chi connectivity index (χ0) is 19.2. The number of hydrogen-bond donors (Lipinski definition) is 1. The van der Waals surface area contributed by atoms with Crippen LogP contribution in [0.15, 0.2) is 0 Å². The van der Waals surface area contributed by atoms with Gasteiger partial charge in [-0.2, -0.15) is 0 Å².